The first kappa shape index (κ1) is 14.0. The van der Waals surface area contributed by atoms with Crippen LogP contribution < -0.4 is 11.1 Å². The Kier molecular flexibility index (Phi) is 3.96. The van der Waals surface area contributed by atoms with Crippen LogP contribution >= 0.6 is 0 Å². The van der Waals surface area contributed by atoms with Crippen molar-refractivity contribution >= 4 is 11.6 Å². The van der Waals surface area contributed by atoms with E-state index < -0.39 is 0 Å². The van der Waals surface area contributed by atoms with E-state index in [9.17, 15) is 0 Å². The fraction of sp³-hybridized carbons (Fsp3) is 0.118. The van der Waals surface area contributed by atoms with E-state index in [1.807, 2.05) is 18.2 Å². The third kappa shape index (κ3) is 3.20. The number of benzene rings is 1. The molecule has 0 amide bonds. The van der Waals surface area contributed by atoms with E-state index in [1.165, 1.54) is 11.1 Å². The average Bonchev–Trinajstić information content (AvgIpc) is 2.55. The summed E-state index contributed by atoms with van der Waals surface area (Å²) in [7, 11) is 0. The van der Waals surface area contributed by atoms with E-state index in [2.05, 4.69) is 51.5 Å². The highest BCUT2D eigenvalue weighted by molar-refractivity contribution is 5.68. The lowest BCUT2D eigenvalue weighted by molar-refractivity contribution is 1.08. The molecule has 110 valence electrons. The fourth-order valence-electron chi connectivity index (χ4n) is 2.09. The molecule has 2 heterocycles. The maximum Gasteiger partial charge on any atom is 0.165 e. The van der Waals surface area contributed by atoms with Gasteiger partial charge in [-0.25, -0.2) is 15.0 Å². The van der Waals surface area contributed by atoms with E-state index in [0.29, 0.717) is 18.2 Å². The minimum absolute atomic E-state index is 0.429. The minimum atomic E-state index is 0.429. The highest BCUT2D eigenvalue weighted by Gasteiger charge is 2.06. The van der Waals surface area contributed by atoms with E-state index in [1.54, 1.807) is 12.4 Å². The molecule has 2 aromatic heterocycles. The van der Waals surface area contributed by atoms with Crippen LogP contribution in [0.15, 0.2) is 54.9 Å². The van der Waals surface area contributed by atoms with Crippen LogP contribution in [0.2, 0.25) is 0 Å². The van der Waals surface area contributed by atoms with Gasteiger partial charge in [-0.2, -0.15) is 0 Å². The summed E-state index contributed by atoms with van der Waals surface area (Å²) in [6, 6.07) is 13.9. The van der Waals surface area contributed by atoms with Crippen molar-refractivity contribution in [3.63, 3.8) is 0 Å². The summed E-state index contributed by atoms with van der Waals surface area (Å²) in [5.41, 5.74) is 9.06. The molecule has 5 heteroatoms. The van der Waals surface area contributed by atoms with Crippen molar-refractivity contribution in [2.24, 2.45) is 0 Å². The fourth-order valence-corrected chi connectivity index (χ4v) is 2.09. The Morgan fingerprint density at radius 2 is 1.82 bits per heavy atom. The van der Waals surface area contributed by atoms with Crippen LogP contribution in [0.5, 0.6) is 0 Å². The van der Waals surface area contributed by atoms with Crippen LogP contribution in [0.4, 0.5) is 11.6 Å². The van der Waals surface area contributed by atoms with Gasteiger partial charge in [-0.3, -0.25) is 0 Å². The Hall–Kier alpha value is -2.95. The molecule has 0 unspecified atom stereocenters. The van der Waals surface area contributed by atoms with E-state index in [4.69, 9.17) is 5.73 Å². The molecule has 0 radical (unpaired) electrons. The molecule has 0 aliphatic heterocycles. The zero-order valence-corrected chi connectivity index (χ0v) is 12.3. The number of nitrogen functional groups attached to an aromatic ring is 1. The second-order valence-electron chi connectivity index (χ2n) is 5.04. The highest BCUT2D eigenvalue weighted by atomic mass is 15.0. The third-order valence-electron chi connectivity index (χ3n) is 3.33. The molecule has 0 spiro atoms. The summed E-state index contributed by atoms with van der Waals surface area (Å²) in [6.07, 6.45) is 3.37. The van der Waals surface area contributed by atoms with Crippen molar-refractivity contribution in [2.75, 3.05) is 11.1 Å². The van der Waals surface area contributed by atoms with Gasteiger partial charge in [0.25, 0.3) is 0 Å². The molecule has 3 aromatic rings. The van der Waals surface area contributed by atoms with Crippen molar-refractivity contribution in [3.8, 4) is 11.4 Å². The SMILES string of the molecule is Cc1ccc(CNc2ccnc(-c3cccnc3N)n2)cc1. The first-order valence-electron chi connectivity index (χ1n) is 7.06. The topological polar surface area (TPSA) is 76.7 Å². The highest BCUT2D eigenvalue weighted by Crippen LogP contribution is 2.20. The molecule has 0 atom stereocenters. The van der Waals surface area contributed by atoms with Crippen molar-refractivity contribution in [2.45, 2.75) is 13.5 Å². The Balaban J connectivity index is 1.77. The van der Waals surface area contributed by atoms with Crippen molar-refractivity contribution in [1.82, 2.24) is 15.0 Å². The van der Waals surface area contributed by atoms with Crippen molar-refractivity contribution < 1.29 is 0 Å². The molecular weight excluding hydrogens is 274 g/mol. The van der Waals surface area contributed by atoms with Gasteiger partial charge in [-0.15, -0.1) is 0 Å². The molecule has 22 heavy (non-hydrogen) atoms. The van der Waals surface area contributed by atoms with Crippen LogP contribution in [-0.4, -0.2) is 15.0 Å². The van der Waals surface area contributed by atoms with E-state index in [-0.39, 0.29) is 0 Å². The number of aromatic nitrogens is 3. The summed E-state index contributed by atoms with van der Waals surface area (Å²) >= 11 is 0. The lowest BCUT2D eigenvalue weighted by Gasteiger charge is -2.08. The predicted molar refractivity (Wildman–Crippen MR) is 88.2 cm³/mol. The van der Waals surface area contributed by atoms with Gasteiger partial charge in [0.2, 0.25) is 0 Å². The lowest BCUT2D eigenvalue weighted by atomic mass is 10.1. The van der Waals surface area contributed by atoms with Crippen LogP contribution in [0.1, 0.15) is 11.1 Å². The van der Waals surface area contributed by atoms with Gasteiger partial charge in [0.05, 0.1) is 5.56 Å². The molecule has 0 aliphatic rings. The monoisotopic (exact) mass is 291 g/mol. The van der Waals surface area contributed by atoms with Crippen LogP contribution in [-0.2, 0) is 6.54 Å². The van der Waals surface area contributed by atoms with Gasteiger partial charge in [-0.1, -0.05) is 29.8 Å². The molecule has 3 N–H and O–H groups in total. The Bertz CT molecular complexity index is 768. The first-order chi connectivity index (χ1) is 10.7. The molecule has 0 saturated carbocycles. The van der Waals surface area contributed by atoms with Crippen LogP contribution in [0.25, 0.3) is 11.4 Å². The molecule has 0 fully saturated rings. The number of rotatable bonds is 4. The Morgan fingerprint density at radius 3 is 2.59 bits per heavy atom. The summed E-state index contributed by atoms with van der Waals surface area (Å²) < 4.78 is 0. The summed E-state index contributed by atoms with van der Waals surface area (Å²) in [5, 5.41) is 3.30. The number of nitrogens with two attached hydrogens (primary N) is 1. The standard InChI is InChI=1S/C17H17N5/c1-12-4-6-13(7-5-12)11-21-15-8-10-20-17(22-15)14-3-2-9-19-16(14)18/h2-10H,11H2,1H3,(H2,18,19)(H,20,21,22). The van der Waals surface area contributed by atoms with Gasteiger partial charge in [0.15, 0.2) is 5.82 Å². The number of hydrogen-bond donors (Lipinski definition) is 2. The number of hydrogen-bond acceptors (Lipinski definition) is 5. The molecule has 1 aromatic carbocycles. The summed E-state index contributed by atoms with van der Waals surface area (Å²) in [5.74, 6) is 1.76. The van der Waals surface area contributed by atoms with Crippen molar-refractivity contribution in [3.05, 3.63) is 66.0 Å². The number of nitrogens with zero attached hydrogens (tertiary/aromatic N) is 3. The molecule has 3 rings (SSSR count). The number of pyridine rings is 1. The van der Waals surface area contributed by atoms with Gasteiger partial charge in [0, 0.05) is 18.9 Å². The number of nitrogens with one attached hydrogen (secondary N) is 1. The van der Waals surface area contributed by atoms with Crippen LogP contribution in [0, 0.1) is 6.92 Å². The molecule has 0 aliphatic carbocycles. The molecular formula is C17H17N5. The van der Waals surface area contributed by atoms with Gasteiger partial charge >= 0.3 is 0 Å². The average molecular weight is 291 g/mol. The summed E-state index contributed by atoms with van der Waals surface area (Å²) in [4.78, 5) is 12.8. The van der Waals surface area contributed by atoms with Gasteiger partial charge in [0.1, 0.15) is 11.6 Å². The Morgan fingerprint density at radius 1 is 1.00 bits per heavy atom. The maximum atomic E-state index is 5.87. The van der Waals surface area contributed by atoms with Crippen LogP contribution in [0.3, 0.4) is 0 Å². The quantitative estimate of drug-likeness (QED) is 0.772. The zero-order valence-electron chi connectivity index (χ0n) is 12.3. The maximum absolute atomic E-state index is 5.87. The van der Waals surface area contributed by atoms with Crippen molar-refractivity contribution in [1.29, 1.82) is 0 Å². The normalized spacial score (nSPS) is 10.4. The predicted octanol–water partition coefficient (Wildman–Crippen LogP) is 3.04. The third-order valence-corrected chi connectivity index (χ3v) is 3.33. The summed E-state index contributed by atoms with van der Waals surface area (Å²) in [6.45, 7) is 2.78. The minimum Gasteiger partial charge on any atom is -0.383 e. The number of aryl methyl sites for hydroxylation is 1. The largest absolute Gasteiger partial charge is 0.383 e. The lowest BCUT2D eigenvalue weighted by Crippen LogP contribution is -2.03. The second-order valence-corrected chi connectivity index (χ2v) is 5.04. The smallest absolute Gasteiger partial charge is 0.165 e. The van der Waals surface area contributed by atoms with E-state index in [0.717, 1.165) is 11.4 Å². The Labute approximate surface area is 129 Å². The number of anilines is 2. The molecule has 0 bridgehead atoms. The zero-order chi connectivity index (χ0) is 15.4. The van der Waals surface area contributed by atoms with E-state index >= 15 is 0 Å². The van der Waals surface area contributed by atoms with Gasteiger partial charge in [-0.05, 0) is 30.7 Å². The van der Waals surface area contributed by atoms with Gasteiger partial charge < -0.3 is 11.1 Å². The molecule has 5 nitrogen and oxygen atoms in total. The molecule has 0 saturated heterocycles. The second kappa shape index (κ2) is 6.22. The first-order valence-corrected chi connectivity index (χ1v) is 7.06.